The molecule has 2 rings (SSSR count). The van der Waals surface area contributed by atoms with Gasteiger partial charge in [-0.05, 0) is 18.2 Å². The van der Waals surface area contributed by atoms with Crippen LogP contribution in [0.4, 0.5) is 0 Å². The Morgan fingerprint density at radius 2 is 2.31 bits per heavy atom. The van der Waals surface area contributed by atoms with Crippen LogP contribution in [0.25, 0.3) is 10.9 Å². The minimum atomic E-state index is -0.0936. The van der Waals surface area contributed by atoms with Crippen molar-refractivity contribution in [1.82, 2.24) is 9.55 Å². The molecule has 1 aromatic carbocycles. The third kappa shape index (κ3) is 1.61. The van der Waals surface area contributed by atoms with Crippen molar-refractivity contribution in [2.24, 2.45) is 7.05 Å². The molecule has 0 aliphatic rings. The molecule has 0 atom stereocenters. The average molecular weight is 278 g/mol. The standard InChI is InChI=1S/C11H8BrN3O/c1-15-10(5-12)14-9-4-7(6-13)2-3-8(9)11(15)16/h2-4H,5H2,1H3. The van der Waals surface area contributed by atoms with E-state index in [0.29, 0.717) is 27.6 Å². The summed E-state index contributed by atoms with van der Waals surface area (Å²) in [7, 11) is 1.68. The second kappa shape index (κ2) is 4.06. The van der Waals surface area contributed by atoms with E-state index in [4.69, 9.17) is 5.26 Å². The van der Waals surface area contributed by atoms with E-state index in [-0.39, 0.29) is 5.56 Å². The SMILES string of the molecule is Cn1c(CBr)nc2cc(C#N)ccc2c1=O. The van der Waals surface area contributed by atoms with Crippen molar-refractivity contribution < 1.29 is 0 Å². The van der Waals surface area contributed by atoms with Crippen molar-refractivity contribution >= 4 is 26.8 Å². The van der Waals surface area contributed by atoms with Crippen LogP contribution < -0.4 is 5.56 Å². The van der Waals surface area contributed by atoms with Crippen molar-refractivity contribution in [3.05, 3.63) is 39.9 Å². The van der Waals surface area contributed by atoms with Gasteiger partial charge in [0, 0.05) is 7.05 Å². The van der Waals surface area contributed by atoms with E-state index in [2.05, 4.69) is 20.9 Å². The molecule has 0 aliphatic carbocycles. The second-order valence-electron chi connectivity index (χ2n) is 3.37. The Labute approximate surface area is 100 Å². The third-order valence-corrected chi connectivity index (χ3v) is 2.92. The van der Waals surface area contributed by atoms with Crippen molar-refractivity contribution in [3.63, 3.8) is 0 Å². The van der Waals surface area contributed by atoms with Gasteiger partial charge in [0.1, 0.15) is 5.82 Å². The van der Waals surface area contributed by atoms with Crippen molar-refractivity contribution in [2.75, 3.05) is 0 Å². The molecular formula is C11H8BrN3O. The highest BCUT2D eigenvalue weighted by atomic mass is 79.9. The molecule has 0 N–H and O–H groups in total. The lowest BCUT2D eigenvalue weighted by Crippen LogP contribution is -2.21. The molecule has 2 aromatic rings. The van der Waals surface area contributed by atoms with Gasteiger partial charge in [0.05, 0.1) is 27.9 Å². The highest BCUT2D eigenvalue weighted by Gasteiger charge is 2.07. The molecule has 16 heavy (non-hydrogen) atoms. The predicted octanol–water partition coefficient (Wildman–Crippen LogP) is 1.70. The molecule has 1 aromatic heterocycles. The molecule has 0 saturated heterocycles. The Hall–Kier alpha value is -1.67. The second-order valence-corrected chi connectivity index (χ2v) is 3.93. The van der Waals surface area contributed by atoms with E-state index in [1.54, 1.807) is 25.2 Å². The van der Waals surface area contributed by atoms with Crippen LogP contribution in [0.1, 0.15) is 11.4 Å². The van der Waals surface area contributed by atoms with E-state index >= 15 is 0 Å². The van der Waals surface area contributed by atoms with Gasteiger partial charge in [-0.3, -0.25) is 9.36 Å². The number of aromatic nitrogens is 2. The van der Waals surface area contributed by atoms with Crippen molar-refractivity contribution in [1.29, 1.82) is 5.26 Å². The lowest BCUT2D eigenvalue weighted by molar-refractivity contribution is 0.787. The lowest BCUT2D eigenvalue weighted by Gasteiger charge is -2.06. The van der Waals surface area contributed by atoms with Crippen molar-refractivity contribution in [3.8, 4) is 6.07 Å². The Balaban J connectivity index is 2.89. The summed E-state index contributed by atoms with van der Waals surface area (Å²) in [4.78, 5) is 16.3. The van der Waals surface area contributed by atoms with Gasteiger partial charge in [-0.1, -0.05) is 15.9 Å². The fourth-order valence-electron chi connectivity index (χ4n) is 1.51. The summed E-state index contributed by atoms with van der Waals surface area (Å²) in [5, 5.41) is 9.82. The monoisotopic (exact) mass is 277 g/mol. The molecule has 4 nitrogen and oxygen atoms in total. The van der Waals surface area contributed by atoms with Gasteiger partial charge in [-0.25, -0.2) is 4.98 Å². The number of rotatable bonds is 1. The Kier molecular flexibility index (Phi) is 2.75. The quantitative estimate of drug-likeness (QED) is 0.746. The van der Waals surface area contributed by atoms with Gasteiger partial charge in [-0.2, -0.15) is 5.26 Å². The summed E-state index contributed by atoms with van der Waals surface area (Å²) in [6.45, 7) is 0. The van der Waals surface area contributed by atoms with Gasteiger partial charge in [0.15, 0.2) is 0 Å². The first kappa shape index (κ1) is 10.8. The Morgan fingerprint density at radius 1 is 1.56 bits per heavy atom. The fourth-order valence-corrected chi connectivity index (χ4v) is 2.01. The maximum Gasteiger partial charge on any atom is 0.261 e. The first-order valence-electron chi connectivity index (χ1n) is 4.63. The lowest BCUT2D eigenvalue weighted by atomic mass is 10.1. The van der Waals surface area contributed by atoms with E-state index in [9.17, 15) is 4.79 Å². The number of alkyl halides is 1. The maximum atomic E-state index is 11.9. The topological polar surface area (TPSA) is 58.7 Å². The zero-order valence-electron chi connectivity index (χ0n) is 8.57. The predicted molar refractivity (Wildman–Crippen MR) is 64.3 cm³/mol. The minimum absolute atomic E-state index is 0.0936. The third-order valence-electron chi connectivity index (χ3n) is 2.42. The van der Waals surface area contributed by atoms with Crippen molar-refractivity contribution in [2.45, 2.75) is 5.33 Å². The molecule has 0 unspecified atom stereocenters. The van der Waals surface area contributed by atoms with E-state index in [1.807, 2.05) is 6.07 Å². The number of nitrogens with zero attached hydrogens (tertiary/aromatic N) is 3. The first-order chi connectivity index (χ1) is 7.67. The molecule has 1 heterocycles. The highest BCUT2D eigenvalue weighted by molar-refractivity contribution is 9.08. The van der Waals surface area contributed by atoms with Crippen LogP contribution in [0.5, 0.6) is 0 Å². The first-order valence-corrected chi connectivity index (χ1v) is 5.75. The fraction of sp³-hybridized carbons (Fsp3) is 0.182. The average Bonchev–Trinajstić information content (AvgIpc) is 2.33. The zero-order chi connectivity index (χ0) is 11.7. The molecule has 0 aliphatic heterocycles. The van der Waals surface area contributed by atoms with Crippen LogP contribution in [0, 0.1) is 11.3 Å². The number of halogens is 1. The molecule has 80 valence electrons. The molecule has 0 radical (unpaired) electrons. The Morgan fingerprint density at radius 3 is 2.94 bits per heavy atom. The summed E-state index contributed by atoms with van der Waals surface area (Å²) in [6.07, 6.45) is 0. The summed E-state index contributed by atoms with van der Waals surface area (Å²) >= 11 is 3.28. The molecule has 5 heteroatoms. The van der Waals surface area contributed by atoms with E-state index in [1.165, 1.54) is 4.57 Å². The van der Waals surface area contributed by atoms with E-state index in [0.717, 1.165) is 0 Å². The number of fused-ring (bicyclic) bond motifs is 1. The van der Waals surface area contributed by atoms with Crippen LogP contribution in [0.2, 0.25) is 0 Å². The van der Waals surface area contributed by atoms with Gasteiger partial charge in [-0.15, -0.1) is 0 Å². The molecular weight excluding hydrogens is 270 g/mol. The minimum Gasteiger partial charge on any atom is -0.299 e. The van der Waals surface area contributed by atoms with Gasteiger partial charge >= 0.3 is 0 Å². The molecule has 0 bridgehead atoms. The normalized spacial score (nSPS) is 10.3. The number of nitriles is 1. The Bertz CT molecular complexity index is 655. The van der Waals surface area contributed by atoms with Crippen LogP contribution in [0.3, 0.4) is 0 Å². The number of hydrogen-bond acceptors (Lipinski definition) is 3. The molecule has 0 spiro atoms. The maximum absolute atomic E-state index is 11.9. The smallest absolute Gasteiger partial charge is 0.261 e. The van der Waals surface area contributed by atoms with Crippen LogP contribution in [-0.2, 0) is 12.4 Å². The van der Waals surface area contributed by atoms with Gasteiger partial charge in [0.2, 0.25) is 0 Å². The summed E-state index contributed by atoms with van der Waals surface area (Å²) in [5.41, 5.74) is 0.981. The summed E-state index contributed by atoms with van der Waals surface area (Å²) < 4.78 is 1.50. The summed E-state index contributed by atoms with van der Waals surface area (Å²) in [5.74, 6) is 0.646. The molecule has 0 fully saturated rings. The van der Waals surface area contributed by atoms with Crippen LogP contribution in [0.15, 0.2) is 23.0 Å². The molecule has 0 saturated carbocycles. The van der Waals surface area contributed by atoms with Gasteiger partial charge in [0.25, 0.3) is 5.56 Å². The molecule has 0 amide bonds. The largest absolute Gasteiger partial charge is 0.299 e. The number of benzene rings is 1. The van der Waals surface area contributed by atoms with Crippen LogP contribution >= 0.6 is 15.9 Å². The van der Waals surface area contributed by atoms with Crippen LogP contribution in [-0.4, -0.2) is 9.55 Å². The highest BCUT2D eigenvalue weighted by Crippen LogP contribution is 2.11. The van der Waals surface area contributed by atoms with Gasteiger partial charge < -0.3 is 0 Å². The zero-order valence-corrected chi connectivity index (χ0v) is 10.2. The number of hydrogen-bond donors (Lipinski definition) is 0. The summed E-state index contributed by atoms with van der Waals surface area (Å²) in [6, 6.07) is 6.92. The van der Waals surface area contributed by atoms with E-state index < -0.39 is 0 Å².